The average Bonchev–Trinajstić information content (AvgIpc) is 3.71. The largest absolute Gasteiger partial charge is 0.472 e. The highest BCUT2D eigenvalue weighted by Gasteiger charge is 2.33. The van der Waals surface area contributed by atoms with Gasteiger partial charge in [0.15, 0.2) is 0 Å². The summed E-state index contributed by atoms with van der Waals surface area (Å²) in [5.41, 5.74) is 1.30. The van der Waals surface area contributed by atoms with Crippen molar-refractivity contribution in [2.45, 2.75) is 25.8 Å². The number of benzene rings is 1. The monoisotopic (exact) mass is 535 g/mol. The molecule has 198 valence electrons. The lowest BCUT2D eigenvalue weighted by Crippen LogP contribution is -2.40. The van der Waals surface area contributed by atoms with Crippen LogP contribution in [0.1, 0.15) is 22.3 Å². The van der Waals surface area contributed by atoms with Crippen molar-refractivity contribution in [2.24, 2.45) is 0 Å². The number of fused-ring (bicyclic) bond motifs is 1. The van der Waals surface area contributed by atoms with Gasteiger partial charge in [0.05, 0.1) is 67.7 Å². The molecular formula is C27H20F3N5O4. The first-order valence-electron chi connectivity index (χ1n) is 11.8. The highest BCUT2D eigenvalue weighted by molar-refractivity contribution is 5.82. The van der Waals surface area contributed by atoms with Crippen LogP contribution >= 0.6 is 0 Å². The molecule has 0 aliphatic carbocycles. The fourth-order valence-corrected chi connectivity index (χ4v) is 4.57. The third-order valence-corrected chi connectivity index (χ3v) is 6.45. The van der Waals surface area contributed by atoms with E-state index in [2.05, 4.69) is 10.1 Å². The Kier molecular flexibility index (Phi) is 5.86. The molecule has 0 amide bonds. The Morgan fingerprint density at radius 2 is 1.59 bits per heavy atom. The topological polar surface area (TPSA) is 104 Å². The van der Waals surface area contributed by atoms with Crippen LogP contribution in [0.3, 0.4) is 0 Å². The minimum Gasteiger partial charge on any atom is -0.472 e. The first-order valence-corrected chi connectivity index (χ1v) is 11.8. The summed E-state index contributed by atoms with van der Waals surface area (Å²) < 4.78 is 54.5. The lowest BCUT2D eigenvalue weighted by atomic mass is 10.1. The minimum atomic E-state index is -4.49. The van der Waals surface area contributed by atoms with Gasteiger partial charge >= 0.3 is 11.9 Å². The zero-order valence-corrected chi connectivity index (χ0v) is 20.2. The molecule has 1 N–H and O–H groups in total. The molecule has 9 nitrogen and oxygen atoms in total. The fourth-order valence-electron chi connectivity index (χ4n) is 4.57. The normalized spacial score (nSPS) is 12.0. The molecule has 5 heterocycles. The summed E-state index contributed by atoms with van der Waals surface area (Å²) in [7, 11) is 0. The highest BCUT2D eigenvalue weighted by Crippen LogP contribution is 2.32. The molecule has 6 rings (SSSR count). The van der Waals surface area contributed by atoms with Gasteiger partial charge in [0, 0.05) is 22.9 Å². The van der Waals surface area contributed by atoms with E-state index in [-0.39, 0.29) is 30.7 Å². The van der Waals surface area contributed by atoms with Gasteiger partial charge in [-0.1, -0.05) is 18.2 Å². The first-order chi connectivity index (χ1) is 18.8. The third kappa shape index (κ3) is 4.60. The molecular weight excluding hydrogens is 515 g/mol. The molecule has 0 saturated carbocycles. The number of hydrogen-bond acceptors (Lipinski definition) is 5. The zero-order valence-electron chi connectivity index (χ0n) is 20.2. The van der Waals surface area contributed by atoms with E-state index in [4.69, 9.17) is 8.83 Å². The summed E-state index contributed by atoms with van der Waals surface area (Å²) in [5.74, 6) is 0. The number of nitrogens with zero attached hydrogens (tertiary/aromatic N) is 4. The van der Waals surface area contributed by atoms with E-state index in [0.29, 0.717) is 22.3 Å². The second-order valence-corrected chi connectivity index (χ2v) is 9.05. The number of aromatic amines is 1. The second-order valence-electron chi connectivity index (χ2n) is 9.05. The fraction of sp³-hybridized carbons (Fsp3) is 0.148. The van der Waals surface area contributed by atoms with Crippen molar-refractivity contribution in [1.82, 2.24) is 23.9 Å². The third-order valence-electron chi connectivity index (χ3n) is 6.45. The van der Waals surface area contributed by atoms with Crippen molar-refractivity contribution in [3.8, 4) is 11.3 Å². The van der Waals surface area contributed by atoms with E-state index in [9.17, 15) is 22.8 Å². The number of rotatable bonds is 7. The van der Waals surface area contributed by atoms with Crippen LogP contribution in [0.4, 0.5) is 13.2 Å². The van der Waals surface area contributed by atoms with Crippen LogP contribution in [0.2, 0.25) is 0 Å². The van der Waals surface area contributed by atoms with E-state index in [1.807, 2.05) is 0 Å². The van der Waals surface area contributed by atoms with E-state index in [0.717, 1.165) is 16.2 Å². The Bertz CT molecular complexity index is 1870. The summed E-state index contributed by atoms with van der Waals surface area (Å²) in [6, 6.07) is 10.4. The highest BCUT2D eigenvalue weighted by atomic mass is 19.4. The summed E-state index contributed by atoms with van der Waals surface area (Å²) in [4.78, 5) is 29.9. The van der Waals surface area contributed by atoms with Gasteiger partial charge in [-0.15, -0.1) is 0 Å². The Morgan fingerprint density at radius 1 is 0.897 bits per heavy atom. The lowest BCUT2D eigenvalue weighted by molar-refractivity contribution is -0.138. The van der Waals surface area contributed by atoms with E-state index in [1.54, 1.807) is 30.5 Å². The van der Waals surface area contributed by atoms with Crippen molar-refractivity contribution < 1.29 is 22.0 Å². The SMILES string of the molecule is O=c1c2[nH]c(-c3cnn(Cc4ccccc4C(F)(F)F)c3)cc2n(Cc2ccoc2)c(=O)n1Cc1ccoc1. The molecule has 0 radical (unpaired) electrons. The van der Waals surface area contributed by atoms with Gasteiger partial charge < -0.3 is 13.8 Å². The van der Waals surface area contributed by atoms with Crippen LogP contribution in [0.15, 0.2) is 98.3 Å². The van der Waals surface area contributed by atoms with Gasteiger partial charge in [-0.2, -0.15) is 18.3 Å². The number of nitrogens with one attached hydrogen (secondary N) is 1. The van der Waals surface area contributed by atoms with Gasteiger partial charge in [0.2, 0.25) is 0 Å². The minimum absolute atomic E-state index is 0.0143. The van der Waals surface area contributed by atoms with E-state index in [1.165, 1.54) is 52.6 Å². The van der Waals surface area contributed by atoms with Crippen molar-refractivity contribution in [3.63, 3.8) is 0 Å². The van der Waals surface area contributed by atoms with Crippen LogP contribution in [-0.2, 0) is 25.8 Å². The molecule has 1 aromatic carbocycles. The second kappa shape index (κ2) is 9.39. The maximum Gasteiger partial charge on any atom is 0.416 e. The molecule has 5 aromatic heterocycles. The van der Waals surface area contributed by atoms with Crippen LogP contribution in [0.5, 0.6) is 0 Å². The molecule has 0 fully saturated rings. The quantitative estimate of drug-likeness (QED) is 0.319. The van der Waals surface area contributed by atoms with Crippen LogP contribution in [-0.4, -0.2) is 23.9 Å². The number of H-pyrrole nitrogens is 1. The molecule has 0 unspecified atom stereocenters. The maximum absolute atomic E-state index is 13.5. The predicted octanol–water partition coefficient (Wildman–Crippen LogP) is 4.70. The Labute approximate surface area is 217 Å². The molecule has 0 spiro atoms. The summed E-state index contributed by atoms with van der Waals surface area (Å²) >= 11 is 0. The number of hydrogen-bond donors (Lipinski definition) is 1. The first kappa shape index (κ1) is 24.3. The number of furan rings is 2. The zero-order chi connectivity index (χ0) is 27.1. The van der Waals surface area contributed by atoms with Crippen molar-refractivity contribution in [3.05, 3.63) is 123 Å². The molecule has 39 heavy (non-hydrogen) atoms. The van der Waals surface area contributed by atoms with Gasteiger partial charge in [-0.3, -0.25) is 18.6 Å². The number of aromatic nitrogens is 5. The summed E-state index contributed by atoms with van der Waals surface area (Å²) in [6.07, 6.45) is 4.51. The number of halogens is 3. The summed E-state index contributed by atoms with van der Waals surface area (Å²) in [6.45, 7) is 0.0707. The average molecular weight is 535 g/mol. The Hall–Kier alpha value is -5.00. The van der Waals surface area contributed by atoms with Crippen LogP contribution in [0.25, 0.3) is 22.3 Å². The molecule has 0 atom stereocenters. The van der Waals surface area contributed by atoms with Gasteiger partial charge in [0.25, 0.3) is 5.56 Å². The molecule has 0 aliphatic rings. The van der Waals surface area contributed by atoms with Crippen molar-refractivity contribution >= 4 is 11.0 Å². The van der Waals surface area contributed by atoms with Crippen LogP contribution < -0.4 is 11.2 Å². The van der Waals surface area contributed by atoms with E-state index >= 15 is 0 Å². The van der Waals surface area contributed by atoms with Crippen LogP contribution in [0, 0.1) is 0 Å². The van der Waals surface area contributed by atoms with Crippen molar-refractivity contribution in [1.29, 1.82) is 0 Å². The molecule has 0 saturated heterocycles. The molecule has 12 heteroatoms. The van der Waals surface area contributed by atoms with Gasteiger partial charge in [-0.05, 0) is 29.8 Å². The molecule has 0 aliphatic heterocycles. The lowest BCUT2D eigenvalue weighted by Gasteiger charge is -2.12. The smallest absolute Gasteiger partial charge is 0.416 e. The Balaban J connectivity index is 1.42. The molecule has 6 aromatic rings. The van der Waals surface area contributed by atoms with Gasteiger partial charge in [0.1, 0.15) is 5.52 Å². The Morgan fingerprint density at radius 3 is 2.26 bits per heavy atom. The van der Waals surface area contributed by atoms with E-state index < -0.39 is 23.0 Å². The molecule has 0 bridgehead atoms. The van der Waals surface area contributed by atoms with Crippen molar-refractivity contribution in [2.75, 3.05) is 0 Å². The standard InChI is InChI=1S/C27H20F3N5O4/c28-27(29,30)21-4-2-1-3-19(21)13-33-14-20(10-31-33)22-9-23-24(32-22)25(36)35(12-18-6-8-39-16-18)26(37)34(23)11-17-5-7-38-15-17/h1-10,14-16,32H,11-13H2. The summed E-state index contributed by atoms with van der Waals surface area (Å²) in [5, 5.41) is 4.23. The maximum atomic E-state index is 13.5. The van der Waals surface area contributed by atoms with Gasteiger partial charge in [-0.25, -0.2) is 4.79 Å². The number of alkyl halides is 3. The predicted molar refractivity (Wildman–Crippen MR) is 134 cm³/mol.